The molecular formula is C23H22N3O3S+. The van der Waals surface area contributed by atoms with Gasteiger partial charge in [0.15, 0.2) is 10.3 Å². The molecule has 5 rings (SSSR count). The molecule has 0 unspecified atom stereocenters. The number of rotatable bonds is 3. The third kappa shape index (κ3) is 2.77. The summed E-state index contributed by atoms with van der Waals surface area (Å²) in [7, 11) is 1.92. The van der Waals surface area contributed by atoms with Crippen LogP contribution in [0.2, 0.25) is 0 Å². The van der Waals surface area contributed by atoms with Crippen molar-refractivity contribution in [3.05, 3.63) is 74.0 Å². The van der Waals surface area contributed by atoms with E-state index in [1.54, 1.807) is 4.57 Å². The van der Waals surface area contributed by atoms with Gasteiger partial charge in [-0.25, -0.2) is 0 Å². The average Bonchev–Trinajstić information content (AvgIpc) is 3.39. The summed E-state index contributed by atoms with van der Waals surface area (Å²) in [5.41, 5.74) is 2.77. The summed E-state index contributed by atoms with van der Waals surface area (Å²) in [6.07, 6.45) is 1.95. The van der Waals surface area contributed by atoms with E-state index in [0.717, 1.165) is 39.6 Å². The number of ether oxygens (including phenoxy) is 1. The van der Waals surface area contributed by atoms with Crippen molar-refractivity contribution in [2.24, 2.45) is 0 Å². The Hall–Kier alpha value is -3.32. The first-order valence-corrected chi connectivity index (χ1v) is 10.8. The van der Waals surface area contributed by atoms with Crippen LogP contribution in [0.3, 0.4) is 0 Å². The number of thiazole rings is 1. The fourth-order valence-corrected chi connectivity index (χ4v) is 5.02. The molecule has 2 aromatic carbocycles. The van der Waals surface area contributed by atoms with Crippen LogP contribution in [0, 0.1) is 0 Å². The molecule has 0 radical (unpaired) electrons. The molecule has 0 saturated carbocycles. The highest BCUT2D eigenvalue weighted by Gasteiger charge is 2.26. The van der Waals surface area contributed by atoms with Crippen molar-refractivity contribution in [1.29, 1.82) is 0 Å². The molecule has 3 heterocycles. The van der Waals surface area contributed by atoms with Gasteiger partial charge in [0.25, 0.3) is 11.1 Å². The first kappa shape index (κ1) is 18.7. The number of para-hydroxylation sites is 4. The van der Waals surface area contributed by atoms with Crippen LogP contribution in [0.4, 0.5) is 5.69 Å². The van der Waals surface area contributed by atoms with Gasteiger partial charge in [-0.3, -0.25) is 9.36 Å². The van der Waals surface area contributed by atoms with E-state index in [0.29, 0.717) is 17.0 Å². The number of aryl methyl sites for hydroxylation is 1. The van der Waals surface area contributed by atoms with Crippen LogP contribution in [0.15, 0.2) is 57.7 Å². The summed E-state index contributed by atoms with van der Waals surface area (Å²) in [6, 6.07) is 15.8. The fourth-order valence-electron chi connectivity index (χ4n) is 3.86. The molecule has 0 bridgehead atoms. The lowest BCUT2D eigenvalue weighted by molar-refractivity contribution is -0.674. The maximum Gasteiger partial charge on any atom is 0.377 e. The molecular weight excluding hydrogens is 398 g/mol. The minimum atomic E-state index is -0.0532. The highest BCUT2D eigenvalue weighted by molar-refractivity contribution is 7.07. The Balaban J connectivity index is 1.74. The summed E-state index contributed by atoms with van der Waals surface area (Å²) in [6.45, 7) is 5.40. The van der Waals surface area contributed by atoms with Crippen LogP contribution in [0.1, 0.15) is 19.7 Å². The lowest BCUT2D eigenvalue weighted by Crippen LogP contribution is -2.36. The Kier molecular flexibility index (Phi) is 4.47. The summed E-state index contributed by atoms with van der Waals surface area (Å²) >= 11 is 1.42. The topological polar surface area (TPSA) is 51.5 Å². The standard InChI is InChI=1S/C23H22N3O3S/c1-4-25-16-11-7-9-13-18(16)28-19(25)14-20-26(5-2)22(27)21(30-20)23-24(3)15-10-6-8-12-17(15)29-23/h6-14H,4-5H2,1-3H3/q+1. The molecule has 2 aromatic heterocycles. The molecule has 30 heavy (non-hydrogen) atoms. The minimum Gasteiger partial charge on any atom is -0.437 e. The normalized spacial score (nSPS) is 15.7. The molecule has 1 aliphatic rings. The molecule has 4 aromatic rings. The van der Waals surface area contributed by atoms with E-state index in [4.69, 9.17) is 9.15 Å². The average molecular weight is 421 g/mol. The number of anilines is 1. The Morgan fingerprint density at radius 1 is 1.10 bits per heavy atom. The quantitative estimate of drug-likeness (QED) is 0.478. The Bertz CT molecular complexity index is 1440. The lowest BCUT2D eigenvalue weighted by atomic mass is 10.3. The van der Waals surface area contributed by atoms with Crippen LogP contribution < -0.4 is 29.0 Å². The zero-order valence-corrected chi connectivity index (χ0v) is 17.9. The predicted molar refractivity (Wildman–Crippen MR) is 118 cm³/mol. The number of nitrogens with zero attached hydrogens (tertiary/aromatic N) is 3. The predicted octanol–water partition coefficient (Wildman–Crippen LogP) is 2.41. The zero-order valence-electron chi connectivity index (χ0n) is 17.1. The van der Waals surface area contributed by atoms with E-state index < -0.39 is 0 Å². The second-order valence-corrected chi connectivity index (χ2v) is 8.08. The maximum atomic E-state index is 13.2. The third-order valence-corrected chi connectivity index (χ3v) is 6.46. The van der Waals surface area contributed by atoms with Gasteiger partial charge in [0.05, 0.1) is 11.8 Å². The molecule has 6 nitrogen and oxygen atoms in total. The Labute approximate surface area is 177 Å². The van der Waals surface area contributed by atoms with Gasteiger partial charge >= 0.3 is 5.89 Å². The van der Waals surface area contributed by atoms with Crippen molar-refractivity contribution < 1.29 is 13.7 Å². The van der Waals surface area contributed by atoms with Crippen molar-refractivity contribution in [3.63, 3.8) is 0 Å². The molecule has 0 aliphatic carbocycles. The first-order valence-electron chi connectivity index (χ1n) is 10.00. The van der Waals surface area contributed by atoms with Gasteiger partial charge in [0, 0.05) is 19.7 Å². The molecule has 0 N–H and O–H groups in total. The maximum absolute atomic E-state index is 13.2. The molecule has 0 fully saturated rings. The summed E-state index contributed by atoms with van der Waals surface area (Å²) in [5.74, 6) is 2.06. The zero-order chi connectivity index (χ0) is 20.8. The number of aromatic nitrogens is 2. The SMILES string of the molecule is CCn1c(=Cc2oc3ccccc3[n+]2CC)sc(=C2Oc3ccccc3N2C)c1=O. The van der Waals surface area contributed by atoms with E-state index >= 15 is 0 Å². The first-order chi connectivity index (χ1) is 14.6. The summed E-state index contributed by atoms with van der Waals surface area (Å²) in [4.78, 5) is 15.1. The smallest absolute Gasteiger partial charge is 0.377 e. The van der Waals surface area contributed by atoms with Crippen molar-refractivity contribution in [3.8, 4) is 5.75 Å². The molecule has 0 atom stereocenters. The molecule has 0 amide bonds. The van der Waals surface area contributed by atoms with Crippen LogP contribution in [-0.2, 0) is 13.1 Å². The second-order valence-electron chi connectivity index (χ2n) is 7.05. The van der Waals surface area contributed by atoms with Crippen LogP contribution >= 0.6 is 11.3 Å². The Morgan fingerprint density at radius 2 is 1.87 bits per heavy atom. The van der Waals surface area contributed by atoms with Gasteiger partial charge < -0.3 is 14.1 Å². The minimum absolute atomic E-state index is 0.0532. The van der Waals surface area contributed by atoms with Gasteiger partial charge in [-0.15, -0.1) is 11.3 Å². The highest BCUT2D eigenvalue weighted by atomic mass is 32.1. The van der Waals surface area contributed by atoms with Gasteiger partial charge in [0.1, 0.15) is 11.2 Å². The molecule has 1 aliphatic heterocycles. The van der Waals surface area contributed by atoms with Gasteiger partial charge in [0.2, 0.25) is 11.5 Å². The largest absolute Gasteiger partial charge is 0.437 e. The molecule has 7 heteroatoms. The molecule has 0 saturated heterocycles. The van der Waals surface area contributed by atoms with Crippen LogP contribution in [0.25, 0.3) is 23.1 Å². The van der Waals surface area contributed by atoms with Gasteiger partial charge in [-0.05, 0) is 32.0 Å². The summed E-state index contributed by atoms with van der Waals surface area (Å²) < 4.78 is 17.4. The number of fused-ring (bicyclic) bond motifs is 2. The van der Waals surface area contributed by atoms with Crippen molar-refractivity contribution >= 4 is 40.1 Å². The van der Waals surface area contributed by atoms with E-state index in [9.17, 15) is 4.79 Å². The number of hydrogen-bond donors (Lipinski definition) is 0. The van der Waals surface area contributed by atoms with Crippen molar-refractivity contribution in [2.75, 3.05) is 11.9 Å². The van der Waals surface area contributed by atoms with E-state index in [2.05, 4.69) is 11.5 Å². The van der Waals surface area contributed by atoms with Crippen molar-refractivity contribution in [1.82, 2.24) is 4.57 Å². The molecule has 152 valence electrons. The highest BCUT2D eigenvalue weighted by Crippen LogP contribution is 2.37. The van der Waals surface area contributed by atoms with Gasteiger partial charge in [-0.1, -0.05) is 24.3 Å². The van der Waals surface area contributed by atoms with E-state index in [1.165, 1.54) is 11.3 Å². The Morgan fingerprint density at radius 3 is 2.63 bits per heavy atom. The van der Waals surface area contributed by atoms with Crippen LogP contribution in [-0.4, -0.2) is 11.6 Å². The van der Waals surface area contributed by atoms with E-state index in [1.807, 2.05) is 73.5 Å². The van der Waals surface area contributed by atoms with Crippen LogP contribution in [0.5, 0.6) is 5.75 Å². The summed E-state index contributed by atoms with van der Waals surface area (Å²) in [5, 5.41) is 0. The monoisotopic (exact) mass is 420 g/mol. The second kappa shape index (κ2) is 7.18. The fraction of sp³-hybridized carbons (Fsp3) is 0.217. The lowest BCUT2D eigenvalue weighted by Gasteiger charge is -2.09. The van der Waals surface area contributed by atoms with E-state index in [-0.39, 0.29) is 5.56 Å². The van der Waals surface area contributed by atoms with Crippen molar-refractivity contribution in [2.45, 2.75) is 26.9 Å². The number of hydrogen-bond acceptors (Lipinski definition) is 5. The third-order valence-electron chi connectivity index (χ3n) is 5.36. The number of oxazole rings is 1. The molecule has 0 spiro atoms. The number of benzene rings is 2. The van der Waals surface area contributed by atoms with Gasteiger partial charge in [-0.2, -0.15) is 4.57 Å².